The van der Waals surface area contributed by atoms with Gasteiger partial charge in [-0.15, -0.1) is 0 Å². The van der Waals surface area contributed by atoms with Gasteiger partial charge < -0.3 is 15.7 Å². The maximum Gasteiger partial charge on any atom is 0.227 e. The quantitative estimate of drug-likeness (QED) is 0.696. The highest BCUT2D eigenvalue weighted by atomic mass is 16.3. The van der Waals surface area contributed by atoms with Crippen molar-refractivity contribution in [3.8, 4) is 0 Å². The van der Waals surface area contributed by atoms with Crippen LogP contribution >= 0.6 is 0 Å². The first-order valence-electron chi connectivity index (χ1n) is 8.26. The summed E-state index contributed by atoms with van der Waals surface area (Å²) in [6.07, 6.45) is 8.52. The minimum atomic E-state index is -0.220. The van der Waals surface area contributed by atoms with Crippen LogP contribution in [0.1, 0.15) is 58.3 Å². The van der Waals surface area contributed by atoms with Gasteiger partial charge in [0.15, 0.2) is 0 Å². The molecule has 0 aromatic rings. The monoisotopic (exact) mass is 282 g/mol. The molecule has 1 atom stereocenters. The summed E-state index contributed by atoms with van der Waals surface area (Å²) < 4.78 is 0. The third-order valence-corrected chi connectivity index (χ3v) is 5.31. The predicted octanol–water partition coefficient (Wildman–Crippen LogP) is 1.83. The molecule has 2 fully saturated rings. The largest absolute Gasteiger partial charge is 0.396 e. The second-order valence-electron chi connectivity index (χ2n) is 6.86. The lowest BCUT2D eigenvalue weighted by molar-refractivity contribution is -0.133. The molecule has 1 saturated heterocycles. The molecular formula is C16H30N2O2. The van der Waals surface area contributed by atoms with Gasteiger partial charge in [0.05, 0.1) is 12.0 Å². The summed E-state index contributed by atoms with van der Waals surface area (Å²) in [5, 5.41) is 16.2. The third kappa shape index (κ3) is 3.34. The Balaban J connectivity index is 1.94. The van der Waals surface area contributed by atoms with Crippen LogP contribution in [-0.2, 0) is 4.79 Å². The zero-order valence-electron chi connectivity index (χ0n) is 12.8. The minimum absolute atomic E-state index is 0.0504. The van der Waals surface area contributed by atoms with Gasteiger partial charge in [0.1, 0.15) is 0 Å². The highest BCUT2D eigenvalue weighted by molar-refractivity contribution is 5.83. The molecule has 4 heteroatoms. The SMILES string of the molecule is CCCC1(C(=O)NCC2(CO)CCCC2)CCCNC1. The van der Waals surface area contributed by atoms with E-state index in [9.17, 15) is 9.90 Å². The number of hydrogen-bond acceptors (Lipinski definition) is 3. The van der Waals surface area contributed by atoms with Gasteiger partial charge in [-0.1, -0.05) is 26.2 Å². The summed E-state index contributed by atoms with van der Waals surface area (Å²) in [5.41, 5.74) is -0.270. The first-order chi connectivity index (χ1) is 9.66. The first kappa shape index (κ1) is 15.8. The van der Waals surface area contributed by atoms with Crippen molar-refractivity contribution >= 4 is 5.91 Å². The molecule has 0 aromatic heterocycles. The Labute approximate surface area is 122 Å². The smallest absolute Gasteiger partial charge is 0.227 e. The van der Waals surface area contributed by atoms with E-state index in [2.05, 4.69) is 17.6 Å². The van der Waals surface area contributed by atoms with E-state index in [1.807, 2.05) is 0 Å². The molecule has 0 aromatic carbocycles. The summed E-state index contributed by atoms with van der Waals surface area (Å²) in [4.78, 5) is 12.7. The number of nitrogens with one attached hydrogen (secondary N) is 2. The van der Waals surface area contributed by atoms with E-state index in [0.29, 0.717) is 6.54 Å². The van der Waals surface area contributed by atoms with Crippen molar-refractivity contribution in [2.45, 2.75) is 58.3 Å². The van der Waals surface area contributed by atoms with Crippen molar-refractivity contribution in [1.29, 1.82) is 0 Å². The Hall–Kier alpha value is -0.610. The number of aliphatic hydroxyl groups is 1. The van der Waals surface area contributed by atoms with Gasteiger partial charge in [-0.25, -0.2) is 0 Å². The van der Waals surface area contributed by atoms with Crippen LogP contribution in [-0.4, -0.2) is 37.3 Å². The number of rotatable bonds is 6. The van der Waals surface area contributed by atoms with E-state index < -0.39 is 0 Å². The third-order valence-electron chi connectivity index (χ3n) is 5.31. The van der Waals surface area contributed by atoms with Crippen LogP contribution in [0, 0.1) is 10.8 Å². The van der Waals surface area contributed by atoms with Gasteiger partial charge in [0.25, 0.3) is 0 Å². The molecule has 4 nitrogen and oxygen atoms in total. The molecule has 0 radical (unpaired) electrons. The molecule has 1 amide bonds. The Kier molecular flexibility index (Phi) is 5.44. The molecule has 0 bridgehead atoms. The number of amides is 1. The fourth-order valence-corrected chi connectivity index (χ4v) is 3.94. The molecule has 1 unspecified atom stereocenters. The number of carbonyl (C=O) groups excluding carboxylic acids is 1. The van der Waals surface area contributed by atoms with Crippen LogP contribution < -0.4 is 10.6 Å². The highest BCUT2D eigenvalue weighted by Crippen LogP contribution is 2.38. The Bertz CT molecular complexity index is 313. The molecule has 1 heterocycles. The molecule has 116 valence electrons. The van der Waals surface area contributed by atoms with Crippen LogP contribution in [0.3, 0.4) is 0 Å². The normalized spacial score (nSPS) is 29.3. The Morgan fingerprint density at radius 2 is 2.00 bits per heavy atom. The maximum atomic E-state index is 12.7. The second-order valence-corrected chi connectivity index (χ2v) is 6.86. The first-order valence-corrected chi connectivity index (χ1v) is 8.26. The average Bonchev–Trinajstić information content (AvgIpc) is 2.95. The molecule has 1 saturated carbocycles. The number of carbonyl (C=O) groups is 1. The molecule has 1 aliphatic carbocycles. The summed E-state index contributed by atoms with van der Waals surface area (Å²) >= 11 is 0. The Morgan fingerprint density at radius 3 is 2.55 bits per heavy atom. The van der Waals surface area contributed by atoms with Gasteiger partial charge in [0.2, 0.25) is 5.91 Å². The van der Waals surface area contributed by atoms with Crippen molar-refractivity contribution in [2.24, 2.45) is 10.8 Å². The number of piperidine rings is 1. The van der Waals surface area contributed by atoms with Crippen molar-refractivity contribution in [2.75, 3.05) is 26.2 Å². The van der Waals surface area contributed by atoms with E-state index in [1.165, 1.54) is 12.8 Å². The lowest BCUT2D eigenvalue weighted by Gasteiger charge is -2.37. The fraction of sp³-hybridized carbons (Fsp3) is 0.938. The van der Waals surface area contributed by atoms with E-state index in [0.717, 1.165) is 51.6 Å². The molecule has 3 N–H and O–H groups in total. The minimum Gasteiger partial charge on any atom is -0.396 e. The molecule has 1 aliphatic heterocycles. The number of hydrogen-bond donors (Lipinski definition) is 3. The van der Waals surface area contributed by atoms with Gasteiger partial charge in [-0.3, -0.25) is 4.79 Å². The highest BCUT2D eigenvalue weighted by Gasteiger charge is 2.40. The van der Waals surface area contributed by atoms with Gasteiger partial charge >= 0.3 is 0 Å². The van der Waals surface area contributed by atoms with Gasteiger partial charge in [0, 0.05) is 18.5 Å². The molecule has 0 spiro atoms. The molecule has 2 aliphatic rings. The lowest BCUT2D eigenvalue weighted by atomic mass is 9.75. The molecule has 20 heavy (non-hydrogen) atoms. The lowest BCUT2D eigenvalue weighted by Crippen LogP contribution is -2.52. The predicted molar refractivity (Wildman–Crippen MR) is 80.4 cm³/mol. The number of aliphatic hydroxyl groups excluding tert-OH is 1. The standard InChI is InChI=1S/C16H30N2O2/c1-2-6-16(9-5-10-17-12-16)14(20)18-11-15(13-19)7-3-4-8-15/h17,19H,2-13H2,1H3,(H,18,20). The van der Waals surface area contributed by atoms with Crippen LogP contribution in [0.15, 0.2) is 0 Å². The van der Waals surface area contributed by atoms with Gasteiger partial charge in [-0.05, 0) is 38.6 Å². The summed E-state index contributed by atoms with van der Waals surface area (Å²) in [6.45, 7) is 4.83. The summed E-state index contributed by atoms with van der Waals surface area (Å²) in [7, 11) is 0. The summed E-state index contributed by atoms with van der Waals surface area (Å²) in [5.74, 6) is 0.200. The van der Waals surface area contributed by atoms with Crippen LogP contribution in [0.2, 0.25) is 0 Å². The maximum absolute atomic E-state index is 12.7. The fourth-order valence-electron chi connectivity index (χ4n) is 3.94. The topological polar surface area (TPSA) is 61.4 Å². The van der Waals surface area contributed by atoms with Crippen molar-refractivity contribution in [3.05, 3.63) is 0 Å². The van der Waals surface area contributed by atoms with E-state index in [1.54, 1.807) is 0 Å². The van der Waals surface area contributed by atoms with Crippen molar-refractivity contribution in [1.82, 2.24) is 10.6 Å². The van der Waals surface area contributed by atoms with Crippen LogP contribution in [0.25, 0.3) is 0 Å². The van der Waals surface area contributed by atoms with E-state index in [4.69, 9.17) is 0 Å². The van der Waals surface area contributed by atoms with Crippen molar-refractivity contribution in [3.63, 3.8) is 0 Å². The summed E-state index contributed by atoms with van der Waals surface area (Å²) in [6, 6.07) is 0. The molecule has 2 rings (SSSR count). The van der Waals surface area contributed by atoms with E-state index in [-0.39, 0.29) is 23.3 Å². The zero-order valence-corrected chi connectivity index (χ0v) is 12.8. The van der Waals surface area contributed by atoms with Crippen LogP contribution in [0.4, 0.5) is 0 Å². The Morgan fingerprint density at radius 1 is 1.25 bits per heavy atom. The van der Waals surface area contributed by atoms with Gasteiger partial charge in [-0.2, -0.15) is 0 Å². The zero-order chi connectivity index (χ0) is 14.5. The average molecular weight is 282 g/mol. The van der Waals surface area contributed by atoms with Crippen molar-refractivity contribution < 1.29 is 9.90 Å². The molecular weight excluding hydrogens is 252 g/mol. The second kappa shape index (κ2) is 6.90. The van der Waals surface area contributed by atoms with E-state index >= 15 is 0 Å². The van der Waals surface area contributed by atoms with Crippen LogP contribution in [0.5, 0.6) is 0 Å².